The van der Waals surface area contributed by atoms with Crippen LogP contribution in [0.5, 0.6) is 0 Å². The predicted molar refractivity (Wildman–Crippen MR) is 76.6 cm³/mol. The normalized spacial score (nSPS) is 22.4. The van der Waals surface area contributed by atoms with Crippen molar-refractivity contribution < 1.29 is 8.42 Å². The van der Waals surface area contributed by atoms with Gasteiger partial charge in [-0.25, -0.2) is 4.83 Å². The molecule has 1 N–H and O–H groups in total. The summed E-state index contributed by atoms with van der Waals surface area (Å²) < 4.78 is 24.1. The topological polar surface area (TPSA) is 58.5 Å². The highest BCUT2D eigenvalue weighted by Crippen LogP contribution is 2.21. The standard InChI is InChI=1S/C14H20N2O2S/c1-11-7-9-13(10-8-11)19(17,18)16-15-14-6-4-3-5-12(14)2/h7-10,12,16H,3-6H2,1-2H3. The predicted octanol–water partition coefficient (Wildman–Crippen LogP) is 2.84. The van der Waals surface area contributed by atoms with E-state index in [0.717, 1.165) is 30.5 Å². The van der Waals surface area contributed by atoms with Crippen LogP contribution in [0.15, 0.2) is 34.3 Å². The summed E-state index contributed by atoms with van der Waals surface area (Å²) >= 11 is 0. The number of sulfonamides is 1. The van der Waals surface area contributed by atoms with Crippen LogP contribution < -0.4 is 4.83 Å². The Morgan fingerprint density at radius 2 is 1.89 bits per heavy atom. The van der Waals surface area contributed by atoms with Crippen molar-refractivity contribution in [2.45, 2.75) is 44.4 Å². The SMILES string of the molecule is Cc1ccc(S(=O)(=O)NN=C2CCCCC2C)cc1. The highest BCUT2D eigenvalue weighted by molar-refractivity contribution is 7.89. The van der Waals surface area contributed by atoms with Crippen LogP contribution in [-0.2, 0) is 10.0 Å². The fourth-order valence-electron chi connectivity index (χ4n) is 2.22. The van der Waals surface area contributed by atoms with E-state index >= 15 is 0 Å². The minimum Gasteiger partial charge on any atom is -0.200 e. The third kappa shape index (κ3) is 3.56. The second-order valence-electron chi connectivity index (χ2n) is 5.16. The van der Waals surface area contributed by atoms with Gasteiger partial charge < -0.3 is 0 Å². The lowest BCUT2D eigenvalue weighted by molar-refractivity contribution is 0.552. The van der Waals surface area contributed by atoms with Gasteiger partial charge in [-0.2, -0.15) is 13.5 Å². The Kier molecular flexibility index (Phi) is 4.24. The van der Waals surface area contributed by atoms with Gasteiger partial charge in [0.05, 0.1) is 4.90 Å². The van der Waals surface area contributed by atoms with E-state index in [1.807, 2.05) is 6.92 Å². The van der Waals surface area contributed by atoms with Crippen LogP contribution in [0.25, 0.3) is 0 Å². The largest absolute Gasteiger partial charge is 0.276 e. The molecule has 104 valence electrons. The summed E-state index contributed by atoms with van der Waals surface area (Å²) in [6.45, 7) is 4.02. The minimum absolute atomic E-state index is 0.255. The number of hydrogen-bond donors (Lipinski definition) is 1. The van der Waals surface area contributed by atoms with Crippen molar-refractivity contribution in [1.29, 1.82) is 0 Å². The van der Waals surface area contributed by atoms with Gasteiger partial charge in [0.2, 0.25) is 0 Å². The molecular weight excluding hydrogens is 260 g/mol. The lowest BCUT2D eigenvalue weighted by Gasteiger charge is -2.19. The summed E-state index contributed by atoms with van der Waals surface area (Å²) in [6.07, 6.45) is 4.27. The van der Waals surface area contributed by atoms with Gasteiger partial charge in [0.15, 0.2) is 0 Å². The van der Waals surface area contributed by atoms with Crippen molar-refractivity contribution >= 4 is 15.7 Å². The Bertz CT molecular complexity index is 562. The highest BCUT2D eigenvalue weighted by Gasteiger charge is 2.18. The van der Waals surface area contributed by atoms with Gasteiger partial charge in [0.1, 0.15) is 0 Å². The molecule has 0 heterocycles. The Balaban J connectivity index is 2.13. The Morgan fingerprint density at radius 3 is 2.53 bits per heavy atom. The van der Waals surface area contributed by atoms with E-state index in [2.05, 4.69) is 16.9 Å². The Morgan fingerprint density at radius 1 is 1.21 bits per heavy atom. The number of benzene rings is 1. The summed E-state index contributed by atoms with van der Waals surface area (Å²) in [5.74, 6) is 0.370. The molecule has 0 saturated heterocycles. The van der Waals surface area contributed by atoms with Gasteiger partial charge >= 0.3 is 0 Å². The van der Waals surface area contributed by atoms with E-state index in [9.17, 15) is 8.42 Å². The van der Waals surface area contributed by atoms with E-state index in [4.69, 9.17) is 0 Å². The van der Waals surface area contributed by atoms with Crippen molar-refractivity contribution in [1.82, 2.24) is 4.83 Å². The van der Waals surface area contributed by atoms with Gasteiger partial charge in [-0.1, -0.05) is 31.0 Å². The molecule has 4 nitrogen and oxygen atoms in total. The monoisotopic (exact) mass is 280 g/mol. The Hall–Kier alpha value is -1.36. The zero-order valence-corrected chi connectivity index (χ0v) is 12.2. The number of rotatable bonds is 3. The summed E-state index contributed by atoms with van der Waals surface area (Å²) in [5.41, 5.74) is 1.99. The second kappa shape index (κ2) is 5.74. The molecule has 19 heavy (non-hydrogen) atoms. The number of nitrogens with zero attached hydrogens (tertiary/aromatic N) is 1. The molecule has 0 spiro atoms. The lowest BCUT2D eigenvalue weighted by atomic mass is 9.89. The third-order valence-corrected chi connectivity index (χ3v) is 4.75. The molecule has 1 aromatic rings. The molecule has 5 heteroatoms. The van der Waals surface area contributed by atoms with Crippen LogP contribution in [-0.4, -0.2) is 14.1 Å². The second-order valence-corrected chi connectivity index (χ2v) is 6.82. The molecule has 1 saturated carbocycles. The van der Waals surface area contributed by atoms with E-state index < -0.39 is 10.0 Å². The maximum absolute atomic E-state index is 12.1. The van der Waals surface area contributed by atoms with E-state index in [0.29, 0.717) is 5.92 Å². The highest BCUT2D eigenvalue weighted by atomic mass is 32.2. The average Bonchev–Trinajstić information content (AvgIpc) is 2.38. The fraction of sp³-hybridized carbons (Fsp3) is 0.500. The smallest absolute Gasteiger partial charge is 0.200 e. The zero-order valence-electron chi connectivity index (χ0n) is 11.4. The van der Waals surface area contributed by atoms with Crippen molar-refractivity contribution in [2.24, 2.45) is 11.0 Å². The quantitative estimate of drug-likeness (QED) is 0.865. The van der Waals surface area contributed by atoms with Crippen LogP contribution in [0, 0.1) is 12.8 Å². The minimum atomic E-state index is -3.54. The van der Waals surface area contributed by atoms with E-state index in [-0.39, 0.29) is 4.90 Å². The molecule has 1 aliphatic carbocycles. The molecular formula is C14H20N2O2S. The maximum Gasteiger partial charge on any atom is 0.276 e. The first-order valence-electron chi connectivity index (χ1n) is 6.64. The molecule has 1 atom stereocenters. The molecule has 1 aromatic carbocycles. The van der Waals surface area contributed by atoms with Gasteiger partial charge in [-0.3, -0.25) is 0 Å². The van der Waals surface area contributed by atoms with E-state index in [1.165, 1.54) is 6.42 Å². The van der Waals surface area contributed by atoms with Crippen LogP contribution in [0.1, 0.15) is 38.2 Å². The molecule has 1 aliphatic rings. The number of hydrazone groups is 1. The van der Waals surface area contributed by atoms with Gasteiger partial charge in [-0.15, -0.1) is 0 Å². The third-order valence-electron chi connectivity index (χ3n) is 3.53. The van der Waals surface area contributed by atoms with Crippen molar-refractivity contribution in [3.05, 3.63) is 29.8 Å². The maximum atomic E-state index is 12.1. The fourth-order valence-corrected chi connectivity index (χ4v) is 3.06. The number of hydrogen-bond acceptors (Lipinski definition) is 3. The average molecular weight is 280 g/mol. The molecule has 2 rings (SSSR count). The van der Waals surface area contributed by atoms with Crippen LogP contribution in [0.2, 0.25) is 0 Å². The molecule has 1 fully saturated rings. The molecule has 0 radical (unpaired) electrons. The molecule has 0 bridgehead atoms. The molecule has 0 aromatic heterocycles. The van der Waals surface area contributed by atoms with Crippen LogP contribution >= 0.6 is 0 Å². The first-order chi connectivity index (χ1) is 8.99. The van der Waals surface area contributed by atoms with Crippen molar-refractivity contribution in [3.8, 4) is 0 Å². The van der Waals surface area contributed by atoms with Gasteiger partial charge in [-0.05, 0) is 44.2 Å². The molecule has 0 amide bonds. The first-order valence-corrected chi connectivity index (χ1v) is 8.12. The zero-order chi connectivity index (χ0) is 13.9. The summed E-state index contributed by atoms with van der Waals surface area (Å²) in [4.78, 5) is 2.61. The number of nitrogens with one attached hydrogen (secondary N) is 1. The Labute approximate surface area is 115 Å². The lowest BCUT2D eigenvalue weighted by Crippen LogP contribution is -2.24. The van der Waals surface area contributed by atoms with Crippen molar-refractivity contribution in [3.63, 3.8) is 0 Å². The summed E-state index contributed by atoms with van der Waals surface area (Å²) in [6, 6.07) is 6.76. The van der Waals surface area contributed by atoms with E-state index in [1.54, 1.807) is 24.3 Å². The van der Waals surface area contributed by atoms with Crippen LogP contribution in [0.3, 0.4) is 0 Å². The first kappa shape index (κ1) is 14.1. The molecule has 0 aliphatic heterocycles. The van der Waals surface area contributed by atoms with Crippen molar-refractivity contribution in [2.75, 3.05) is 0 Å². The van der Waals surface area contributed by atoms with Crippen LogP contribution in [0.4, 0.5) is 0 Å². The summed E-state index contributed by atoms with van der Waals surface area (Å²) in [5, 5.41) is 4.11. The van der Waals surface area contributed by atoms with Gasteiger partial charge in [0, 0.05) is 5.71 Å². The summed E-state index contributed by atoms with van der Waals surface area (Å²) in [7, 11) is -3.54. The van der Waals surface area contributed by atoms with Gasteiger partial charge in [0.25, 0.3) is 10.0 Å². The molecule has 1 unspecified atom stereocenters. The number of aryl methyl sites for hydroxylation is 1.